The Hall–Kier alpha value is -1.62. The van der Waals surface area contributed by atoms with Crippen LogP contribution in [0, 0.1) is 0 Å². The second kappa shape index (κ2) is 6.20. The van der Waals surface area contributed by atoms with Crippen LogP contribution in [0.25, 0.3) is 0 Å². The number of anilines is 1. The number of carboxylic acid groups (broad SMARTS) is 1. The lowest BCUT2D eigenvalue weighted by Crippen LogP contribution is -2.25. The molecule has 0 aliphatic carbocycles. The van der Waals surface area contributed by atoms with Crippen LogP contribution in [0.2, 0.25) is 0 Å². The van der Waals surface area contributed by atoms with E-state index in [0.717, 1.165) is 19.5 Å². The minimum atomic E-state index is -0.937. The van der Waals surface area contributed by atoms with Crippen molar-refractivity contribution in [3.8, 4) is 0 Å². The van der Waals surface area contributed by atoms with E-state index in [1.807, 2.05) is 26.0 Å². The van der Waals surface area contributed by atoms with Crippen LogP contribution in [0.3, 0.4) is 0 Å². The Bertz CT molecular complexity index is 380. The minimum Gasteiger partial charge on any atom is -0.478 e. The highest BCUT2D eigenvalue weighted by Crippen LogP contribution is 2.15. The molecule has 0 aliphatic heterocycles. The summed E-state index contributed by atoms with van der Waals surface area (Å²) in [5, 5.41) is 9.05. The molecule has 1 heterocycles. The predicted octanol–water partition coefficient (Wildman–Crippen LogP) is 1.17. The Kier molecular flexibility index (Phi) is 4.90. The van der Waals surface area contributed by atoms with E-state index < -0.39 is 5.97 Å². The van der Waals surface area contributed by atoms with Gasteiger partial charge in [-0.2, -0.15) is 0 Å². The van der Waals surface area contributed by atoms with Gasteiger partial charge in [0.25, 0.3) is 0 Å². The Balaban J connectivity index is 2.68. The second-order valence-electron chi connectivity index (χ2n) is 4.26. The molecule has 1 aromatic heterocycles. The Morgan fingerprint density at radius 3 is 2.65 bits per heavy atom. The van der Waals surface area contributed by atoms with Crippen LogP contribution < -0.4 is 4.90 Å². The number of rotatable bonds is 6. The molecular weight excluding hydrogens is 218 g/mol. The monoisotopic (exact) mass is 237 g/mol. The first-order valence-electron chi connectivity index (χ1n) is 5.56. The molecule has 5 heteroatoms. The highest BCUT2D eigenvalue weighted by Gasteiger charge is 2.13. The van der Waals surface area contributed by atoms with Gasteiger partial charge in [-0.05, 0) is 39.2 Å². The smallest absolute Gasteiger partial charge is 0.339 e. The number of aromatic nitrogens is 1. The molecule has 0 aliphatic rings. The van der Waals surface area contributed by atoms with Gasteiger partial charge in [-0.25, -0.2) is 9.78 Å². The topological polar surface area (TPSA) is 56.7 Å². The van der Waals surface area contributed by atoms with E-state index in [9.17, 15) is 4.79 Å². The Morgan fingerprint density at radius 1 is 1.35 bits per heavy atom. The molecule has 0 spiro atoms. The van der Waals surface area contributed by atoms with Crippen molar-refractivity contribution in [2.45, 2.75) is 6.42 Å². The molecule has 0 fully saturated rings. The number of carbonyl (C=O) groups is 1. The average molecular weight is 237 g/mol. The summed E-state index contributed by atoms with van der Waals surface area (Å²) in [5.74, 6) is -0.411. The molecule has 0 saturated heterocycles. The standard InChI is InChI=1S/C12H19N3O2/c1-14(2)8-5-9-15(3)11-10(12(16)17)6-4-7-13-11/h4,6-7H,5,8-9H2,1-3H3,(H,16,17). The molecule has 0 aromatic carbocycles. The average Bonchev–Trinajstić information content (AvgIpc) is 2.28. The molecule has 0 bridgehead atoms. The van der Waals surface area contributed by atoms with Crippen molar-refractivity contribution in [3.05, 3.63) is 23.9 Å². The highest BCUT2D eigenvalue weighted by molar-refractivity contribution is 5.93. The first-order valence-corrected chi connectivity index (χ1v) is 5.56. The van der Waals surface area contributed by atoms with Crippen LogP contribution in [0.15, 0.2) is 18.3 Å². The fourth-order valence-corrected chi connectivity index (χ4v) is 1.60. The molecule has 0 saturated carbocycles. The van der Waals surface area contributed by atoms with Gasteiger partial charge in [0.05, 0.1) is 0 Å². The van der Waals surface area contributed by atoms with Crippen LogP contribution in [0.5, 0.6) is 0 Å². The molecule has 0 radical (unpaired) electrons. The third kappa shape index (κ3) is 4.03. The molecule has 94 valence electrons. The number of nitrogens with zero attached hydrogens (tertiary/aromatic N) is 3. The summed E-state index contributed by atoms with van der Waals surface area (Å²) in [7, 11) is 5.90. The van der Waals surface area contributed by atoms with Gasteiger partial charge < -0.3 is 14.9 Å². The third-order valence-electron chi connectivity index (χ3n) is 2.48. The predicted molar refractivity (Wildman–Crippen MR) is 67.6 cm³/mol. The van der Waals surface area contributed by atoms with Crippen LogP contribution in [0.1, 0.15) is 16.8 Å². The van der Waals surface area contributed by atoms with Crippen molar-refractivity contribution in [1.82, 2.24) is 9.88 Å². The van der Waals surface area contributed by atoms with Gasteiger partial charge in [-0.15, -0.1) is 0 Å². The van der Waals surface area contributed by atoms with Gasteiger partial charge in [0.15, 0.2) is 0 Å². The zero-order valence-corrected chi connectivity index (χ0v) is 10.6. The SMILES string of the molecule is CN(C)CCCN(C)c1ncccc1C(=O)O. The summed E-state index contributed by atoms with van der Waals surface area (Å²) in [6.45, 7) is 1.76. The lowest BCUT2D eigenvalue weighted by Gasteiger charge is -2.20. The van der Waals surface area contributed by atoms with Gasteiger partial charge in [-0.1, -0.05) is 0 Å². The van der Waals surface area contributed by atoms with Crippen molar-refractivity contribution in [2.24, 2.45) is 0 Å². The zero-order chi connectivity index (χ0) is 12.8. The van der Waals surface area contributed by atoms with Crippen molar-refractivity contribution in [1.29, 1.82) is 0 Å². The number of hydrogen-bond donors (Lipinski definition) is 1. The maximum absolute atomic E-state index is 11.0. The van der Waals surface area contributed by atoms with E-state index in [0.29, 0.717) is 5.82 Å². The fourth-order valence-electron chi connectivity index (χ4n) is 1.60. The van der Waals surface area contributed by atoms with E-state index in [4.69, 9.17) is 5.11 Å². The van der Waals surface area contributed by atoms with Gasteiger partial charge in [0.2, 0.25) is 0 Å². The van der Waals surface area contributed by atoms with Crippen molar-refractivity contribution >= 4 is 11.8 Å². The van der Waals surface area contributed by atoms with Crippen molar-refractivity contribution in [3.63, 3.8) is 0 Å². The van der Waals surface area contributed by atoms with Crippen LogP contribution in [-0.2, 0) is 0 Å². The molecule has 0 unspecified atom stereocenters. The number of aromatic carboxylic acids is 1. The summed E-state index contributed by atoms with van der Waals surface area (Å²) in [6, 6.07) is 3.22. The summed E-state index contributed by atoms with van der Waals surface area (Å²) in [5.41, 5.74) is 0.250. The molecule has 17 heavy (non-hydrogen) atoms. The van der Waals surface area contributed by atoms with E-state index in [-0.39, 0.29) is 5.56 Å². The first-order chi connectivity index (χ1) is 8.02. The molecule has 1 rings (SSSR count). The second-order valence-corrected chi connectivity index (χ2v) is 4.26. The largest absolute Gasteiger partial charge is 0.478 e. The summed E-state index contributed by atoms with van der Waals surface area (Å²) >= 11 is 0. The van der Waals surface area contributed by atoms with E-state index in [1.165, 1.54) is 0 Å². The molecular formula is C12H19N3O2. The highest BCUT2D eigenvalue weighted by atomic mass is 16.4. The van der Waals surface area contributed by atoms with Crippen LogP contribution in [0.4, 0.5) is 5.82 Å². The van der Waals surface area contributed by atoms with E-state index in [2.05, 4.69) is 9.88 Å². The Morgan fingerprint density at radius 2 is 2.06 bits per heavy atom. The summed E-state index contributed by atoms with van der Waals surface area (Å²) < 4.78 is 0. The fraction of sp³-hybridized carbons (Fsp3) is 0.500. The maximum Gasteiger partial charge on any atom is 0.339 e. The summed E-state index contributed by atoms with van der Waals surface area (Å²) in [6.07, 6.45) is 2.59. The molecule has 0 atom stereocenters. The van der Waals surface area contributed by atoms with Crippen molar-refractivity contribution < 1.29 is 9.90 Å². The van der Waals surface area contributed by atoms with Crippen LogP contribution >= 0.6 is 0 Å². The van der Waals surface area contributed by atoms with Gasteiger partial charge in [0.1, 0.15) is 11.4 Å². The first kappa shape index (κ1) is 13.4. The normalized spacial score (nSPS) is 10.6. The van der Waals surface area contributed by atoms with Crippen LogP contribution in [-0.4, -0.2) is 55.2 Å². The zero-order valence-electron chi connectivity index (χ0n) is 10.6. The van der Waals surface area contributed by atoms with Crippen molar-refractivity contribution in [2.75, 3.05) is 39.1 Å². The number of hydrogen-bond acceptors (Lipinski definition) is 4. The number of carboxylic acids is 1. The molecule has 1 N–H and O–H groups in total. The van der Waals surface area contributed by atoms with Gasteiger partial charge in [0, 0.05) is 19.8 Å². The quantitative estimate of drug-likeness (QED) is 0.804. The van der Waals surface area contributed by atoms with Gasteiger partial charge in [-0.3, -0.25) is 0 Å². The summed E-state index contributed by atoms with van der Waals surface area (Å²) in [4.78, 5) is 19.1. The number of pyridine rings is 1. The lowest BCUT2D eigenvalue weighted by molar-refractivity contribution is 0.0697. The lowest BCUT2D eigenvalue weighted by atomic mass is 10.2. The molecule has 5 nitrogen and oxygen atoms in total. The van der Waals surface area contributed by atoms with E-state index >= 15 is 0 Å². The third-order valence-corrected chi connectivity index (χ3v) is 2.48. The molecule has 1 aromatic rings. The van der Waals surface area contributed by atoms with E-state index in [1.54, 1.807) is 18.3 Å². The molecule has 0 amide bonds. The maximum atomic E-state index is 11.0. The minimum absolute atomic E-state index is 0.250. The van der Waals surface area contributed by atoms with Gasteiger partial charge >= 0.3 is 5.97 Å². The Labute approximate surface area is 102 Å².